The summed E-state index contributed by atoms with van der Waals surface area (Å²) in [6.45, 7) is 6.49. The second-order valence-corrected chi connectivity index (χ2v) is 17.1. The molecule has 0 aromatic rings. The number of allylic oxidation sites excluding steroid dienone is 14. The third-order valence-corrected chi connectivity index (χ3v) is 10.8. The van der Waals surface area contributed by atoms with Crippen LogP contribution in [0.1, 0.15) is 239 Å². The van der Waals surface area contributed by atoms with E-state index >= 15 is 0 Å². The fourth-order valence-corrected chi connectivity index (χ4v) is 6.87. The van der Waals surface area contributed by atoms with E-state index in [9.17, 15) is 14.4 Å². The van der Waals surface area contributed by atoms with Gasteiger partial charge in [-0.3, -0.25) is 14.4 Å². The molecule has 0 rings (SSSR count). The summed E-state index contributed by atoms with van der Waals surface area (Å²) in [5.74, 6) is -0.986. The maximum atomic E-state index is 12.8. The largest absolute Gasteiger partial charge is 0.462 e. The van der Waals surface area contributed by atoms with E-state index in [4.69, 9.17) is 14.2 Å². The van der Waals surface area contributed by atoms with Crippen LogP contribution in [-0.2, 0) is 28.6 Å². The zero-order chi connectivity index (χ0) is 45.8. The number of carbonyl (C=O) groups is 3. The minimum absolute atomic E-state index is 0.104. The molecule has 0 aromatic carbocycles. The summed E-state index contributed by atoms with van der Waals surface area (Å²) < 4.78 is 16.7. The lowest BCUT2D eigenvalue weighted by molar-refractivity contribution is -0.167. The lowest BCUT2D eigenvalue weighted by Crippen LogP contribution is -2.30. The molecule has 0 aliphatic carbocycles. The quantitative estimate of drug-likeness (QED) is 0.0262. The number of hydrogen-bond acceptors (Lipinski definition) is 6. The van der Waals surface area contributed by atoms with Crippen molar-refractivity contribution in [1.29, 1.82) is 0 Å². The Morgan fingerprint density at radius 2 is 0.587 bits per heavy atom. The molecule has 0 saturated heterocycles. The van der Waals surface area contributed by atoms with E-state index in [0.29, 0.717) is 19.3 Å². The molecule has 1 unspecified atom stereocenters. The molecular formula is C57H96O6. The van der Waals surface area contributed by atoms with Gasteiger partial charge in [0.25, 0.3) is 0 Å². The van der Waals surface area contributed by atoms with Gasteiger partial charge in [-0.15, -0.1) is 0 Å². The van der Waals surface area contributed by atoms with Crippen LogP contribution in [-0.4, -0.2) is 37.2 Å². The van der Waals surface area contributed by atoms with Crippen LogP contribution < -0.4 is 0 Å². The SMILES string of the molecule is CCCCCC=CCC=CCC=CCC=CCCCC(=O)OCC(COC(=O)CCCCCCCC=CCCCCCC)OC(=O)CCCCCCCC=CCC=CCCCCC. The minimum Gasteiger partial charge on any atom is -0.462 e. The van der Waals surface area contributed by atoms with Gasteiger partial charge in [0.2, 0.25) is 0 Å². The Morgan fingerprint density at radius 1 is 0.317 bits per heavy atom. The van der Waals surface area contributed by atoms with Gasteiger partial charge in [0.05, 0.1) is 0 Å². The van der Waals surface area contributed by atoms with Crippen molar-refractivity contribution in [3.8, 4) is 0 Å². The van der Waals surface area contributed by atoms with Crippen molar-refractivity contribution in [3.05, 3.63) is 85.1 Å². The summed E-state index contributed by atoms with van der Waals surface area (Å²) in [6.07, 6.45) is 65.6. The summed E-state index contributed by atoms with van der Waals surface area (Å²) in [6, 6.07) is 0. The highest BCUT2D eigenvalue weighted by Gasteiger charge is 2.19. The van der Waals surface area contributed by atoms with E-state index < -0.39 is 6.10 Å². The van der Waals surface area contributed by atoms with Crippen LogP contribution in [0.2, 0.25) is 0 Å². The Morgan fingerprint density at radius 3 is 1.00 bits per heavy atom. The van der Waals surface area contributed by atoms with Gasteiger partial charge >= 0.3 is 17.9 Å². The monoisotopic (exact) mass is 877 g/mol. The van der Waals surface area contributed by atoms with Crippen LogP contribution in [0.25, 0.3) is 0 Å². The van der Waals surface area contributed by atoms with Crippen LogP contribution in [0.15, 0.2) is 85.1 Å². The average molecular weight is 877 g/mol. The normalized spacial score (nSPS) is 12.7. The van der Waals surface area contributed by atoms with Crippen LogP contribution >= 0.6 is 0 Å². The second-order valence-electron chi connectivity index (χ2n) is 17.1. The Balaban J connectivity index is 4.51. The summed E-state index contributed by atoms with van der Waals surface area (Å²) in [5, 5.41) is 0. The van der Waals surface area contributed by atoms with Crippen LogP contribution in [0.3, 0.4) is 0 Å². The van der Waals surface area contributed by atoms with Gasteiger partial charge in [-0.2, -0.15) is 0 Å². The third kappa shape index (κ3) is 49.5. The van der Waals surface area contributed by atoms with Gasteiger partial charge in [-0.05, 0) is 116 Å². The van der Waals surface area contributed by atoms with Crippen molar-refractivity contribution in [3.63, 3.8) is 0 Å². The molecule has 0 spiro atoms. The first-order chi connectivity index (χ1) is 31.0. The number of unbranched alkanes of at least 4 members (excludes halogenated alkanes) is 21. The molecule has 0 aromatic heterocycles. The molecule has 0 N–H and O–H groups in total. The maximum Gasteiger partial charge on any atom is 0.306 e. The molecule has 0 fully saturated rings. The van der Waals surface area contributed by atoms with Gasteiger partial charge in [-0.1, -0.05) is 189 Å². The van der Waals surface area contributed by atoms with Gasteiger partial charge in [0.1, 0.15) is 13.2 Å². The fourth-order valence-electron chi connectivity index (χ4n) is 6.87. The van der Waals surface area contributed by atoms with Crippen molar-refractivity contribution in [2.75, 3.05) is 13.2 Å². The summed E-state index contributed by atoms with van der Waals surface area (Å²) >= 11 is 0. The van der Waals surface area contributed by atoms with Crippen molar-refractivity contribution in [2.24, 2.45) is 0 Å². The number of ether oxygens (including phenoxy) is 3. The van der Waals surface area contributed by atoms with Crippen molar-refractivity contribution >= 4 is 17.9 Å². The topological polar surface area (TPSA) is 78.9 Å². The molecule has 0 amide bonds. The van der Waals surface area contributed by atoms with E-state index in [1.165, 1.54) is 89.9 Å². The summed E-state index contributed by atoms with van der Waals surface area (Å²) in [5.41, 5.74) is 0. The zero-order valence-corrected chi connectivity index (χ0v) is 41.1. The van der Waals surface area contributed by atoms with Gasteiger partial charge < -0.3 is 14.2 Å². The summed E-state index contributed by atoms with van der Waals surface area (Å²) in [4.78, 5) is 38.0. The predicted octanol–water partition coefficient (Wildman–Crippen LogP) is 17.2. The molecule has 0 radical (unpaired) electrons. The molecule has 0 heterocycles. The van der Waals surface area contributed by atoms with Crippen LogP contribution in [0.4, 0.5) is 0 Å². The van der Waals surface area contributed by atoms with Gasteiger partial charge in [-0.25, -0.2) is 0 Å². The molecule has 0 aliphatic heterocycles. The van der Waals surface area contributed by atoms with E-state index in [1.807, 2.05) is 0 Å². The molecule has 0 saturated carbocycles. The lowest BCUT2D eigenvalue weighted by atomic mass is 10.1. The average Bonchev–Trinajstić information content (AvgIpc) is 3.28. The lowest BCUT2D eigenvalue weighted by Gasteiger charge is -2.18. The Hall–Kier alpha value is -3.41. The second kappa shape index (κ2) is 51.2. The van der Waals surface area contributed by atoms with E-state index in [-0.39, 0.29) is 37.5 Å². The van der Waals surface area contributed by atoms with Gasteiger partial charge in [0.15, 0.2) is 6.10 Å². The first kappa shape index (κ1) is 59.6. The Bertz CT molecular complexity index is 1240. The predicted molar refractivity (Wildman–Crippen MR) is 270 cm³/mol. The molecule has 360 valence electrons. The maximum absolute atomic E-state index is 12.8. The minimum atomic E-state index is -0.809. The molecule has 0 bridgehead atoms. The van der Waals surface area contributed by atoms with Crippen LogP contribution in [0, 0.1) is 0 Å². The highest BCUT2D eigenvalue weighted by atomic mass is 16.6. The molecule has 6 nitrogen and oxygen atoms in total. The fraction of sp³-hybridized carbons (Fsp3) is 0.702. The number of hydrogen-bond donors (Lipinski definition) is 0. The zero-order valence-electron chi connectivity index (χ0n) is 41.1. The van der Waals surface area contributed by atoms with Crippen molar-refractivity contribution in [2.45, 2.75) is 245 Å². The third-order valence-electron chi connectivity index (χ3n) is 10.8. The first-order valence-corrected chi connectivity index (χ1v) is 26.1. The molecule has 63 heavy (non-hydrogen) atoms. The number of rotatable bonds is 46. The molecule has 1 atom stereocenters. The van der Waals surface area contributed by atoms with E-state index in [0.717, 1.165) is 103 Å². The summed E-state index contributed by atoms with van der Waals surface area (Å²) in [7, 11) is 0. The number of carbonyl (C=O) groups excluding carboxylic acids is 3. The number of esters is 3. The van der Waals surface area contributed by atoms with Crippen molar-refractivity contribution < 1.29 is 28.6 Å². The van der Waals surface area contributed by atoms with Crippen LogP contribution in [0.5, 0.6) is 0 Å². The standard InChI is InChI=1S/C57H96O6/c1-4-7-10-13-16-19-22-25-27-28-30-32-35-38-41-44-47-50-56(59)62-53-54(52-61-55(58)49-46-43-40-37-34-31-24-21-18-15-12-9-6-3)63-57(60)51-48-45-42-39-36-33-29-26-23-20-17-14-11-8-5-2/h16-17,19-21,24-27,29-30,32,38,41,54H,4-15,18,22-23,28,31,33-37,39-40,42-53H2,1-3H3. The molecule has 6 heteroatoms. The Labute approximate surface area is 388 Å². The van der Waals surface area contributed by atoms with E-state index in [2.05, 4.69) is 106 Å². The first-order valence-electron chi connectivity index (χ1n) is 26.1. The highest BCUT2D eigenvalue weighted by molar-refractivity contribution is 5.71. The van der Waals surface area contributed by atoms with E-state index in [1.54, 1.807) is 0 Å². The Kier molecular flexibility index (Phi) is 48.5. The highest BCUT2D eigenvalue weighted by Crippen LogP contribution is 2.13. The van der Waals surface area contributed by atoms with Gasteiger partial charge in [0, 0.05) is 19.3 Å². The van der Waals surface area contributed by atoms with Crippen molar-refractivity contribution in [1.82, 2.24) is 0 Å². The molecule has 0 aliphatic rings. The molecular weight excluding hydrogens is 781 g/mol. The smallest absolute Gasteiger partial charge is 0.306 e.